The molecule has 0 saturated heterocycles. The van der Waals surface area contributed by atoms with Gasteiger partial charge >= 0.3 is 0 Å². The zero-order valence-electron chi connectivity index (χ0n) is 14.3. The van der Waals surface area contributed by atoms with Gasteiger partial charge in [0.2, 0.25) is 5.91 Å². The summed E-state index contributed by atoms with van der Waals surface area (Å²) in [5.74, 6) is 0.894. The van der Waals surface area contributed by atoms with Crippen LogP contribution in [0.1, 0.15) is 36.2 Å². The third kappa shape index (κ3) is 3.05. The molecule has 1 aliphatic rings. The van der Waals surface area contributed by atoms with Crippen LogP contribution in [0.5, 0.6) is 0 Å². The number of para-hydroxylation sites is 2. The van der Waals surface area contributed by atoms with Gasteiger partial charge in [-0.25, -0.2) is 9.97 Å². The molecule has 4 rings (SSSR count). The van der Waals surface area contributed by atoms with E-state index in [2.05, 4.69) is 28.6 Å². The molecule has 1 aromatic heterocycles. The summed E-state index contributed by atoms with van der Waals surface area (Å²) in [5, 5.41) is 6.40. The van der Waals surface area contributed by atoms with Gasteiger partial charge in [0, 0.05) is 12.1 Å². The zero-order valence-corrected chi connectivity index (χ0v) is 14.3. The average molecular weight is 332 g/mol. The van der Waals surface area contributed by atoms with Crippen LogP contribution in [-0.4, -0.2) is 15.9 Å². The van der Waals surface area contributed by atoms with Crippen molar-refractivity contribution in [1.29, 1.82) is 0 Å². The van der Waals surface area contributed by atoms with Crippen LogP contribution >= 0.6 is 0 Å². The standard InChI is InChI=1S/C20H20N4O/c1-12(14-7-9-16-15(11-14)8-10-19(25)23-16)22-20-13(2)21-17-5-3-4-6-18(17)24-20/h3-7,9,11-12H,8,10H2,1-2H3,(H,22,24)(H,23,25)/t12-/m0/s1. The van der Waals surface area contributed by atoms with E-state index < -0.39 is 0 Å². The first-order valence-electron chi connectivity index (χ1n) is 8.53. The van der Waals surface area contributed by atoms with Crippen LogP contribution in [0.25, 0.3) is 11.0 Å². The molecule has 0 unspecified atom stereocenters. The molecular formula is C20H20N4O. The Kier molecular flexibility index (Phi) is 3.84. The Hall–Kier alpha value is -2.95. The summed E-state index contributed by atoms with van der Waals surface area (Å²) in [6.07, 6.45) is 1.34. The van der Waals surface area contributed by atoms with Crippen LogP contribution in [-0.2, 0) is 11.2 Å². The lowest BCUT2D eigenvalue weighted by molar-refractivity contribution is -0.116. The van der Waals surface area contributed by atoms with Crippen LogP contribution in [0, 0.1) is 6.92 Å². The average Bonchev–Trinajstić information content (AvgIpc) is 2.61. The van der Waals surface area contributed by atoms with Gasteiger partial charge in [0.05, 0.1) is 22.8 Å². The number of aromatic nitrogens is 2. The second-order valence-corrected chi connectivity index (χ2v) is 6.48. The minimum absolute atomic E-state index is 0.0912. The number of hydrogen-bond donors (Lipinski definition) is 2. The van der Waals surface area contributed by atoms with Crippen molar-refractivity contribution in [3.8, 4) is 0 Å². The maximum atomic E-state index is 11.5. The summed E-state index contributed by atoms with van der Waals surface area (Å²) in [5.41, 5.74) is 5.96. The van der Waals surface area contributed by atoms with E-state index in [4.69, 9.17) is 4.98 Å². The van der Waals surface area contributed by atoms with Crippen molar-refractivity contribution in [2.75, 3.05) is 10.6 Å². The van der Waals surface area contributed by atoms with Crippen LogP contribution < -0.4 is 10.6 Å². The number of amides is 1. The third-order valence-electron chi connectivity index (χ3n) is 4.62. The minimum atomic E-state index is 0.0912. The minimum Gasteiger partial charge on any atom is -0.362 e. The molecule has 0 saturated carbocycles. The van der Waals surface area contributed by atoms with E-state index in [-0.39, 0.29) is 11.9 Å². The lowest BCUT2D eigenvalue weighted by Gasteiger charge is -2.21. The molecule has 0 radical (unpaired) electrons. The molecule has 2 N–H and O–H groups in total. The molecule has 0 bridgehead atoms. The maximum Gasteiger partial charge on any atom is 0.224 e. The molecule has 1 atom stereocenters. The third-order valence-corrected chi connectivity index (χ3v) is 4.62. The number of nitrogens with one attached hydrogen (secondary N) is 2. The monoisotopic (exact) mass is 332 g/mol. The second kappa shape index (κ2) is 6.16. The van der Waals surface area contributed by atoms with Crippen molar-refractivity contribution in [2.24, 2.45) is 0 Å². The molecule has 0 spiro atoms. The first-order valence-corrected chi connectivity index (χ1v) is 8.53. The summed E-state index contributed by atoms with van der Waals surface area (Å²) in [7, 11) is 0. The van der Waals surface area contributed by atoms with E-state index in [9.17, 15) is 4.79 Å². The van der Waals surface area contributed by atoms with Crippen LogP contribution in [0.3, 0.4) is 0 Å². The normalized spacial score (nSPS) is 14.7. The molecule has 0 aliphatic carbocycles. The largest absolute Gasteiger partial charge is 0.362 e. The maximum absolute atomic E-state index is 11.5. The number of carbonyl (C=O) groups excluding carboxylic acids is 1. The quantitative estimate of drug-likeness (QED) is 0.761. The van der Waals surface area contributed by atoms with E-state index in [1.165, 1.54) is 11.1 Å². The Morgan fingerprint density at radius 3 is 2.64 bits per heavy atom. The fourth-order valence-electron chi connectivity index (χ4n) is 3.19. The van der Waals surface area contributed by atoms with Gasteiger partial charge in [-0.1, -0.05) is 24.3 Å². The molecule has 25 heavy (non-hydrogen) atoms. The number of fused-ring (bicyclic) bond motifs is 2. The molecule has 2 heterocycles. The number of anilines is 2. The van der Waals surface area contributed by atoms with E-state index in [1.807, 2.05) is 43.3 Å². The SMILES string of the molecule is Cc1nc2ccccc2nc1N[C@@H](C)c1ccc2c(c1)CCC(=O)N2. The first-order chi connectivity index (χ1) is 12.1. The molecule has 1 aliphatic heterocycles. The molecule has 5 heteroatoms. The molecule has 2 aromatic carbocycles. The fourth-order valence-corrected chi connectivity index (χ4v) is 3.19. The van der Waals surface area contributed by atoms with Gasteiger partial charge in [0.25, 0.3) is 0 Å². The highest BCUT2D eigenvalue weighted by atomic mass is 16.1. The van der Waals surface area contributed by atoms with E-state index in [0.717, 1.165) is 34.7 Å². The summed E-state index contributed by atoms with van der Waals surface area (Å²) in [4.78, 5) is 20.8. The molecule has 126 valence electrons. The highest BCUT2D eigenvalue weighted by Gasteiger charge is 2.17. The Morgan fingerprint density at radius 1 is 1.08 bits per heavy atom. The van der Waals surface area contributed by atoms with Crippen molar-refractivity contribution < 1.29 is 4.79 Å². The Bertz CT molecular complexity index is 967. The molecule has 3 aromatic rings. The van der Waals surface area contributed by atoms with Gasteiger partial charge in [-0.2, -0.15) is 0 Å². The predicted octanol–water partition coefficient (Wildman–Crippen LogP) is 4.00. The van der Waals surface area contributed by atoms with Crippen LogP contribution in [0.15, 0.2) is 42.5 Å². The second-order valence-electron chi connectivity index (χ2n) is 6.48. The first kappa shape index (κ1) is 15.6. The fraction of sp³-hybridized carbons (Fsp3) is 0.250. The van der Waals surface area contributed by atoms with Crippen molar-refractivity contribution in [1.82, 2.24) is 9.97 Å². The summed E-state index contributed by atoms with van der Waals surface area (Å²) in [6, 6.07) is 14.2. The lowest BCUT2D eigenvalue weighted by atomic mass is 9.98. The molecular weight excluding hydrogens is 312 g/mol. The van der Waals surface area contributed by atoms with Crippen molar-refractivity contribution >= 4 is 28.4 Å². The zero-order chi connectivity index (χ0) is 17.4. The molecule has 0 fully saturated rings. The smallest absolute Gasteiger partial charge is 0.224 e. The summed E-state index contributed by atoms with van der Waals surface area (Å²) >= 11 is 0. The van der Waals surface area contributed by atoms with Crippen LogP contribution in [0.4, 0.5) is 11.5 Å². The number of nitrogens with zero attached hydrogens (tertiary/aromatic N) is 2. The van der Waals surface area contributed by atoms with E-state index >= 15 is 0 Å². The van der Waals surface area contributed by atoms with Gasteiger partial charge in [0.1, 0.15) is 5.82 Å². The highest BCUT2D eigenvalue weighted by Crippen LogP contribution is 2.28. The van der Waals surface area contributed by atoms with Gasteiger partial charge in [0.15, 0.2) is 0 Å². The van der Waals surface area contributed by atoms with Gasteiger partial charge in [-0.15, -0.1) is 0 Å². The van der Waals surface area contributed by atoms with Gasteiger partial charge in [-0.05, 0) is 49.6 Å². The number of carbonyl (C=O) groups is 1. The molecule has 5 nitrogen and oxygen atoms in total. The topological polar surface area (TPSA) is 66.9 Å². The van der Waals surface area contributed by atoms with E-state index in [1.54, 1.807) is 0 Å². The lowest BCUT2D eigenvalue weighted by Crippen LogP contribution is -2.19. The summed E-state index contributed by atoms with van der Waals surface area (Å²) < 4.78 is 0. The van der Waals surface area contributed by atoms with Gasteiger partial charge < -0.3 is 10.6 Å². The number of rotatable bonds is 3. The molecule has 1 amide bonds. The highest BCUT2D eigenvalue weighted by molar-refractivity contribution is 5.93. The number of aryl methyl sites for hydroxylation is 2. The van der Waals surface area contributed by atoms with Crippen molar-refractivity contribution in [3.63, 3.8) is 0 Å². The van der Waals surface area contributed by atoms with Gasteiger partial charge in [-0.3, -0.25) is 4.79 Å². The van der Waals surface area contributed by atoms with Crippen LogP contribution in [0.2, 0.25) is 0 Å². The van der Waals surface area contributed by atoms with E-state index in [0.29, 0.717) is 6.42 Å². The van der Waals surface area contributed by atoms with Crippen molar-refractivity contribution in [2.45, 2.75) is 32.7 Å². The number of hydrogen-bond acceptors (Lipinski definition) is 4. The Morgan fingerprint density at radius 2 is 1.84 bits per heavy atom. The number of benzene rings is 2. The summed E-state index contributed by atoms with van der Waals surface area (Å²) in [6.45, 7) is 4.08. The van der Waals surface area contributed by atoms with Crippen molar-refractivity contribution in [3.05, 3.63) is 59.3 Å². The Balaban J connectivity index is 1.61. The predicted molar refractivity (Wildman–Crippen MR) is 99.7 cm³/mol. The Labute approximate surface area is 146 Å².